The molecule has 1 amide bonds. The maximum absolute atomic E-state index is 13.4. The zero-order valence-electron chi connectivity index (χ0n) is 16.3. The van der Waals surface area contributed by atoms with E-state index < -0.39 is 5.54 Å². The van der Waals surface area contributed by atoms with Gasteiger partial charge in [-0.25, -0.2) is 0 Å². The Morgan fingerprint density at radius 1 is 1.14 bits per heavy atom. The highest BCUT2D eigenvalue weighted by atomic mass is 16.5. The Morgan fingerprint density at radius 2 is 1.90 bits per heavy atom. The molecule has 7 nitrogen and oxygen atoms in total. The highest BCUT2D eigenvalue weighted by Gasteiger charge is 2.44. The van der Waals surface area contributed by atoms with E-state index in [1.807, 2.05) is 37.3 Å². The molecule has 2 aliphatic carbocycles. The van der Waals surface area contributed by atoms with E-state index in [1.165, 1.54) is 17.5 Å². The lowest BCUT2D eigenvalue weighted by molar-refractivity contribution is 0.0872. The Kier molecular flexibility index (Phi) is 4.30. The van der Waals surface area contributed by atoms with Gasteiger partial charge in [-0.15, -0.1) is 10.2 Å². The fourth-order valence-electron chi connectivity index (χ4n) is 4.21. The predicted octanol–water partition coefficient (Wildman–Crippen LogP) is 2.86. The first-order chi connectivity index (χ1) is 14.1. The van der Waals surface area contributed by atoms with Crippen LogP contribution in [0.5, 0.6) is 5.75 Å². The third kappa shape index (κ3) is 3.16. The number of nitrogens with zero attached hydrogens (tertiary/aromatic N) is 3. The average Bonchev–Trinajstić information content (AvgIpc) is 3.33. The first-order valence-corrected chi connectivity index (χ1v) is 10.0. The molecule has 0 radical (unpaired) electrons. The van der Waals surface area contributed by atoms with Crippen LogP contribution in [-0.2, 0) is 18.4 Å². The normalized spacial score (nSPS) is 17.4. The highest BCUT2D eigenvalue weighted by Crippen LogP contribution is 2.37. The second-order valence-corrected chi connectivity index (χ2v) is 8.02. The summed E-state index contributed by atoms with van der Waals surface area (Å²) in [6.07, 6.45) is 4.70. The molecule has 2 aliphatic rings. The van der Waals surface area contributed by atoms with E-state index in [4.69, 9.17) is 4.74 Å². The zero-order valence-corrected chi connectivity index (χ0v) is 16.3. The van der Waals surface area contributed by atoms with Gasteiger partial charge in [-0.2, -0.15) is 5.21 Å². The second-order valence-electron chi connectivity index (χ2n) is 8.02. The summed E-state index contributed by atoms with van der Waals surface area (Å²) < 4.78 is 6.17. The number of hydrogen-bond donors (Lipinski definition) is 2. The molecule has 29 heavy (non-hydrogen) atoms. The standard InChI is InChI=1S/C22H23N5O2/c1-14-6-4-11-18(19(14)29-17-9-5-10-17)20(28)23-22(21-24-26-27-25-21)12-15-7-2-3-8-16(15)13-22/h2-4,6-8,11,17H,5,9-10,12-13H2,1H3,(H,23,28)(H,24,25,26,27). The molecular formula is C22H23N5O2. The third-order valence-electron chi connectivity index (χ3n) is 6.02. The van der Waals surface area contributed by atoms with E-state index in [9.17, 15) is 4.79 Å². The highest BCUT2D eigenvalue weighted by molar-refractivity contribution is 5.98. The van der Waals surface area contributed by atoms with Crippen molar-refractivity contribution in [1.82, 2.24) is 25.9 Å². The Hall–Kier alpha value is -3.22. The minimum absolute atomic E-state index is 0.180. The smallest absolute Gasteiger partial charge is 0.255 e. The van der Waals surface area contributed by atoms with Gasteiger partial charge in [0, 0.05) is 12.8 Å². The predicted molar refractivity (Wildman–Crippen MR) is 107 cm³/mol. The maximum atomic E-state index is 13.4. The summed E-state index contributed by atoms with van der Waals surface area (Å²) in [5.74, 6) is 0.991. The van der Waals surface area contributed by atoms with Gasteiger partial charge in [-0.3, -0.25) is 4.79 Å². The fraction of sp³-hybridized carbons (Fsp3) is 0.364. The van der Waals surface area contributed by atoms with Gasteiger partial charge in [-0.05, 0) is 48.9 Å². The van der Waals surface area contributed by atoms with Crippen molar-refractivity contribution in [3.8, 4) is 5.75 Å². The second kappa shape index (κ2) is 6.99. The number of tetrazole rings is 1. The number of nitrogens with one attached hydrogen (secondary N) is 2. The lowest BCUT2D eigenvalue weighted by Gasteiger charge is -2.30. The van der Waals surface area contributed by atoms with Crippen LogP contribution < -0.4 is 10.1 Å². The van der Waals surface area contributed by atoms with Crippen LogP contribution >= 0.6 is 0 Å². The third-order valence-corrected chi connectivity index (χ3v) is 6.02. The molecule has 2 aromatic carbocycles. The van der Waals surface area contributed by atoms with E-state index in [0.717, 1.165) is 18.4 Å². The summed E-state index contributed by atoms with van der Waals surface area (Å²) >= 11 is 0. The van der Waals surface area contributed by atoms with Crippen LogP contribution in [0.4, 0.5) is 0 Å². The number of H-pyrrole nitrogens is 1. The van der Waals surface area contributed by atoms with Crippen molar-refractivity contribution < 1.29 is 9.53 Å². The Labute approximate surface area is 168 Å². The van der Waals surface area contributed by atoms with Gasteiger partial charge in [0.25, 0.3) is 5.91 Å². The van der Waals surface area contributed by atoms with E-state index >= 15 is 0 Å². The van der Waals surface area contributed by atoms with Crippen LogP contribution in [0.25, 0.3) is 0 Å². The zero-order chi connectivity index (χ0) is 19.8. The number of aromatic nitrogens is 4. The number of carbonyl (C=O) groups excluding carboxylic acids is 1. The SMILES string of the molecule is Cc1cccc(C(=O)NC2(c3nn[nH]n3)Cc3ccccc3C2)c1OC1CCC1. The molecule has 1 heterocycles. The molecule has 148 valence electrons. The van der Waals surface area contributed by atoms with Crippen molar-refractivity contribution in [2.24, 2.45) is 0 Å². The number of hydrogen-bond acceptors (Lipinski definition) is 5. The van der Waals surface area contributed by atoms with Crippen LogP contribution in [0.15, 0.2) is 42.5 Å². The lowest BCUT2D eigenvalue weighted by atomic mass is 9.93. The fourth-order valence-corrected chi connectivity index (χ4v) is 4.21. The summed E-state index contributed by atoms with van der Waals surface area (Å²) in [5, 5.41) is 17.9. The van der Waals surface area contributed by atoms with Crippen molar-refractivity contribution in [2.75, 3.05) is 0 Å². The monoisotopic (exact) mass is 389 g/mol. The van der Waals surface area contributed by atoms with Crippen molar-refractivity contribution in [3.05, 3.63) is 70.5 Å². The first-order valence-electron chi connectivity index (χ1n) is 10.0. The molecule has 0 atom stereocenters. The molecule has 0 unspecified atom stereocenters. The van der Waals surface area contributed by atoms with E-state index in [1.54, 1.807) is 0 Å². The number of rotatable bonds is 5. The Balaban J connectivity index is 1.48. The summed E-state index contributed by atoms with van der Waals surface area (Å²) in [6.45, 7) is 1.98. The van der Waals surface area contributed by atoms with Gasteiger partial charge in [-0.1, -0.05) is 41.6 Å². The largest absolute Gasteiger partial charge is 0.489 e. The topological polar surface area (TPSA) is 92.8 Å². The average molecular weight is 389 g/mol. The van der Waals surface area contributed by atoms with Gasteiger partial charge < -0.3 is 10.1 Å². The van der Waals surface area contributed by atoms with E-state index in [0.29, 0.717) is 30.0 Å². The van der Waals surface area contributed by atoms with Crippen LogP contribution in [-0.4, -0.2) is 32.6 Å². The molecule has 0 aliphatic heterocycles. The Morgan fingerprint density at radius 3 is 2.52 bits per heavy atom. The van der Waals surface area contributed by atoms with Crippen molar-refractivity contribution in [2.45, 2.75) is 50.7 Å². The number of benzene rings is 2. The van der Waals surface area contributed by atoms with Gasteiger partial charge in [0.2, 0.25) is 5.82 Å². The summed E-state index contributed by atoms with van der Waals surface area (Å²) in [7, 11) is 0. The van der Waals surface area contributed by atoms with Gasteiger partial charge in [0.05, 0.1) is 11.7 Å². The lowest BCUT2D eigenvalue weighted by Crippen LogP contribution is -2.48. The number of carbonyl (C=O) groups is 1. The van der Waals surface area contributed by atoms with E-state index in [-0.39, 0.29) is 12.0 Å². The van der Waals surface area contributed by atoms with Crippen LogP contribution in [0.3, 0.4) is 0 Å². The number of ether oxygens (including phenoxy) is 1. The molecule has 5 rings (SSSR count). The molecule has 0 bridgehead atoms. The number of para-hydroxylation sites is 1. The number of fused-ring (bicyclic) bond motifs is 1. The van der Waals surface area contributed by atoms with Crippen molar-refractivity contribution in [3.63, 3.8) is 0 Å². The molecule has 0 saturated heterocycles. The van der Waals surface area contributed by atoms with Crippen molar-refractivity contribution >= 4 is 5.91 Å². The van der Waals surface area contributed by atoms with Crippen LogP contribution in [0.1, 0.15) is 52.1 Å². The maximum Gasteiger partial charge on any atom is 0.255 e. The molecule has 1 aromatic heterocycles. The molecule has 7 heteroatoms. The number of amides is 1. The number of aromatic amines is 1. The molecular weight excluding hydrogens is 366 g/mol. The summed E-state index contributed by atoms with van der Waals surface area (Å²) in [4.78, 5) is 13.4. The van der Waals surface area contributed by atoms with Crippen LogP contribution in [0.2, 0.25) is 0 Å². The number of aryl methyl sites for hydroxylation is 1. The first kappa shape index (κ1) is 17.8. The van der Waals surface area contributed by atoms with E-state index in [2.05, 4.69) is 38.1 Å². The molecule has 2 N–H and O–H groups in total. The molecule has 3 aromatic rings. The molecule has 0 spiro atoms. The van der Waals surface area contributed by atoms with Gasteiger partial charge in [0.1, 0.15) is 11.3 Å². The summed E-state index contributed by atoms with van der Waals surface area (Å²) in [5.41, 5.74) is 3.16. The quantitative estimate of drug-likeness (QED) is 0.700. The van der Waals surface area contributed by atoms with Gasteiger partial charge >= 0.3 is 0 Å². The minimum Gasteiger partial charge on any atom is -0.489 e. The Bertz CT molecular complexity index is 1020. The van der Waals surface area contributed by atoms with Crippen LogP contribution in [0, 0.1) is 6.92 Å². The summed E-state index contributed by atoms with van der Waals surface area (Å²) in [6, 6.07) is 13.9. The van der Waals surface area contributed by atoms with Gasteiger partial charge in [0.15, 0.2) is 0 Å². The minimum atomic E-state index is -0.731. The molecule has 1 saturated carbocycles. The molecule has 1 fully saturated rings. The van der Waals surface area contributed by atoms with Crippen molar-refractivity contribution in [1.29, 1.82) is 0 Å².